The largest absolute Gasteiger partial charge is 0.497 e. The van der Waals surface area contributed by atoms with Gasteiger partial charge in [-0.25, -0.2) is 4.99 Å². The van der Waals surface area contributed by atoms with Crippen molar-refractivity contribution in [2.45, 2.75) is 81.6 Å². The quantitative estimate of drug-likeness (QED) is 0.232. The monoisotopic (exact) mass is 615 g/mol. The van der Waals surface area contributed by atoms with Crippen molar-refractivity contribution in [1.29, 1.82) is 0 Å². The summed E-state index contributed by atoms with van der Waals surface area (Å²) >= 11 is 0. The standard InChI is InChI=1S/C35H41NO7Si/c1-23-35(36-31(41-23)25-18-20-26(39-7)21-19-25)30(42-24(2)37)29-34(43-29,33(35,6)38)22-40-44(32(3,4)5,27-14-10-8-11-15-27)28-16-12-9-13-17-28/h8-21,23,29-30,38H,22H2,1-7H3/t23-,29+,30+,33-,34+,35-/m0/s1. The van der Waals surface area contributed by atoms with Crippen molar-refractivity contribution in [1.82, 2.24) is 0 Å². The summed E-state index contributed by atoms with van der Waals surface area (Å²) in [5.74, 6) is 0.585. The number of carbonyl (C=O) groups is 1. The van der Waals surface area contributed by atoms with Gasteiger partial charge in [0.25, 0.3) is 8.32 Å². The van der Waals surface area contributed by atoms with Crippen molar-refractivity contribution < 1.29 is 33.3 Å². The lowest BCUT2D eigenvalue weighted by atomic mass is 9.75. The van der Waals surface area contributed by atoms with Crippen LogP contribution in [0, 0.1) is 0 Å². The first-order chi connectivity index (χ1) is 20.8. The Balaban J connectivity index is 1.44. The van der Waals surface area contributed by atoms with E-state index in [0.29, 0.717) is 11.6 Å². The van der Waals surface area contributed by atoms with Crippen LogP contribution in [0.4, 0.5) is 0 Å². The minimum Gasteiger partial charge on any atom is -0.497 e. The Morgan fingerprint density at radius 1 is 0.977 bits per heavy atom. The van der Waals surface area contributed by atoms with Crippen LogP contribution in [0.15, 0.2) is 89.9 Å². The number of epoxide rings is 1. The third-order valence-electron chi connectivity index (χ3n) is 9.80. The van der Waals surface area contributed by atoms with Gasteiger partial charge in [0.1, 0.15) is 23.6 Å². The van der Waals surface area contributed by atoms with Gasteiger partial charge < -0.3 is 28.5 Å². The summed E-state index contributed by atoms with van der Waals surface area (Å²) in [5.41, 5.74) is -3.41. The molecule has 1 saturated heterocycles. The first kappa shape index (κ1) is 30.5. The maximum Gasteiger partial charge on any atom is 0.303 e. The van der Waals surface area contributed by atoms with Crippen LogP contribution in [0.3, 0.4) is 0 Å². The van der Waals surface area contributed by atoms with Crippen molar-refractivity contribution in [3.63, 3.8) is 0 Å². The molecule has 3 aliphatic rings. The molecule has 3 aromatic rings. The van der Waals surface area contributed by atoms with E-state index in [4.69, 9.17) is 28.4 Å². The van der Waals surface area contributed by atoms with Gasteiger partial charge in [0.05, 0.1) is 13.7 Å². The van der Waals surface area contributed by atoms with Gasteiger partial charge in [-0.3, -0.25) is 4.79 Å². The van der Waals surface area contributed by atoms with Crippen molar-refractivity contribution >= 4 is 30.6 Å². The highest BCUT2D eigenvalue weighted by molar-refractivity contribution is 6.99. The molecule has 1 spiro atoms. The highest BCUT2D eigenvalue weighted by Gasteiger charge is 2.89. The summed E-state index contributed by atoms with van der Waals surface area (Å²) in [6, 6.07) is 28.0. The van der Waals surface area contributed by atoms with Crippen LogP contribution in [0.2, 0.25) is 5.04 Å². The number of aliphatic imine (C=N–C) groups is 1. The van der Waals surface area contributed by atoms with Gasteiger partial charge in [-0.2, -0.15) is 0 Å². The third kappa shape index (κ3) is 4.28. The van der Waals surface area contributed by atoms with Gasteiger partial charge in [-0.1, -0.05) is 81.4 Å². The van der Waals surface area contributed by atoms with Crippen LogP contribution in [-0.2, 0) is 23.4 Å². The number of ether oxygens (including phenoxy) is 4. The Labute approximate surface area is 260 Å². The Bertz CT molecular complexity index is 1510. The van der Waals surface area contributed by atoms with Gasteiger partial charge in [-0.05, 0) is 53.5 Å². The summed E-state index contributed by atoms with van der Waals surface area (Å²) in [5, 5.41) is 14.6. The number of fused-ring (bicyclic) bond motifs is 1. The Hall–Kier alpha value is -3.50. The number of hydrogen-bond donors (Lipinski definition) is 1. The van der Waals surface area contributed by atoms with E-state index in [-0.39, 0.29) is 11.6 Å². The van der Waals surface area contributed by atoms with Gasteiger partial charge in [0, 0.05) is 12.5 Å². The maximum absolute atomic E-state index is 12.7. The number of methoxy groups -OCH3 is 1. The highest BCUT2D eigenvalue weighted by Crippen LogP contribution is 2.65. The van der Waals surface area contributed by atoms with E-state index in [1.54, 1.807) is 14.0 Å². The van der Waals surface area contributed by atoms with E-state index in [0.717, 1.165) is 15.9 Å². The Kier molecular flexibility index (Phi) is 7.32. The van der Waals surface area contributed by atoms with E-state index in [1.807, 2.05) is 67.6 Å². The molecule has 9 heteroatoms. The van der Waals surface area contributed by atoms with Crippen LogP contribution in [0.1, 0.15) is 47.1 Å². The molecule has 2 heterocycles. The van der Waals surface area contributed by atoms with Crippen LogP contribution < -0.4 is 15.1 Å². The van der Waals surface area contributed by atoms with E-state index in [1.165, 1.54) is 6.92 Å². The fraction of sp³-hybridized carbons (Fsp3) is 0.429. The molecule has 8 nitrogen and oxygen atoms in total. The second kappa shape index (κ2) is 10.5. The molecule has 1 N–H and O–H groups in total. The minimum absolute atomic E-state index is 0.0809. The summed E-state index contributed by atoms with van der Waals surface area (Å²) < 4.78 is 31.2. The molecule has 1 aliphatic carbocycles. The van der Waals surface area contributed by atoms with Crippen molar-refractivity contribution in [3.05, 3.63) is 90.5 Å². The van der Waals surface area contributed by atoms with Gasteiger partial charge in [0.15, 0.2) is 17.2 Å². The van der Waals surface area contributed by atoms with Gasteiger partial charge in [-0.15, -0.1) is 0 Å². The Morgan fingerprint density at radius 2 is 1.55 bits per heavy atom. The zero-order valence-electron chi connectivity index (χ0n) is 26.4. The van der Waals surface area contributed by atoms with Crippen LogP contribution in [0.25, 0.3) is 0 Å². The summed E-state index contributed by atoms with van der Waals surface area (Å²) in [4.78, 5) is 17.5. The minimum atomic E-state index is -2.97. The van der Waals surface area contributed by atoms with E-state index >= 15 is 0 Å². The van der Waals surface area contributed by atoms with Crippen molar-refractivity contribution in [2.24, 2.45) is 4.99 Å². The normalized spacial score (nSPS) is 30.8. The van der Waals surface area contributed by atoms with Crippen LogP contribution in [0.5, 0.6) is 5.75 Å². The summed E-state index contributed by atoms with van der Waals surface area (Å²) in [7, 11) is -1.37. The molecule has 0 radical (unpaired) electrons. The van der Waals surface area contributed by atoms with Crippen LogP contribution >= 0.6 is 0 Å². The fourth-order valence-electron chi connectivity index (χ4n) is 7.51. The fourth-order valence-corrected chi connectivity index (χ4v) is 12.1. The zero-order valence-corrected chi connectivity index (χ0v) is 27.4. The SMILES string of the molecule is COc1ccc(C2=N[C@@]3([C@H](C)O2)[C@H](OC(C)=O)[C@H]2O[C@@]2(CO[Si](c2ccccc2)(c2ccccc2)C(C)(C)C)[C@]3(C)O)cc1. The predicted molar refractivity (Wildman–Crippen MR) is 170 cm³/mol. The number of aliphatic hydroxyl groups is 1. The molecule has 6 rings (SSSR count). The average molecular weight is 616 g/mol. The molecule has 0 aromatic heterocycles. The highest BCUT2D eigenvalue weighted by atomic mass is 28.4. The lowest BCUT2D eigenvalue weighted by Crippen LogP contribution is -2.69. The predicted octanol–water partition coefficient (Wildman–Crippen LogP) is 4.01. The maximum atomic E-state index is 12.7. The number of benzene rings is 3. The van der Waals surface area contributed by atoms with E-state index in [2.05, 4.69) is 45.0 Å². The second-order valence-corrected chi connectivity index (χ2v) is 17.5. The van der Waals surface area contributed by atoms with E-state index < -0.39 is 49.3 Å². The van der Waals surface area contributed by atoms with Gasteiger partial charge in [0.2, 0.25) is 5.90 Å². The average Bonchev–Trinajstić information content (AvgIpc) is 3.60. The van der Waals surface area contributed by atoms with Crippen LogP contribution in [-0.4, -0.2) is 74.1 Å². The number of carbonyl (C=O) groups excluding carboxylic acids is 1. The number of rotatable bonds is 8. The molecule has 0 unspecified atom stereocenters. The number of esters is 1. The molecule has 232 valence electrons. The van der Waals surface area contributed by atoms with Crippen molar-refractivity contribution in [2.75, 3.05) is 13.7 Å². The van der Waals surface area contributed by atoms with E-state index in [9.17, 15) is 9.90 Å². The third-order valence-corrected chi connectivity index (χ3v) is 14.8. The summed E-state index contributed by atoms with van der Waals surface area (Å²) in [6.07, 6.45) is -2.15. The molecule has 2 aliphatic heterocycles. The molecule has 3 aromatic carbocycles. The van der Waals surface area contributed by atoms with Gasteiger partial charge >= 0.3 is 5.97 Å². The topological polar surface area (TPSA) is 99.1 Å². The van der Waals surface area contributed by atoms with Crippen molar-refractivity contribution in [3.8, 4) is 5.75 Å². The molecule has 0 amide bonds. The first-order valence-electron chi connectivity index (χ1n) is 15.1. The lowest BCUT2D eigenvalue weighted by Gasteiger charge is -2.46. The smallest absolute Gasteiger partial charge is 0.303 e. The molecule has 6 atom stereocenters. The number of hydrogen-bond acceptors (Lipinski definition) is 8. The molecule has 1 saturated carbocycles. The Morgan fingerprint density at radius 3 is 2.05 bits per heavy atom. The summed E-state index contributed by atoms with van der Waals surface area (Å²) in [6.45, 7) is 11.6. The number of nitrogens with zero attached hydrogens (tertiary/aromatic N) is 1. The molecule has 2 fully saturated rings. The zero-order chi connectivity index (χ0) is 31.5. The molecular weight excluding hydrogens is 574 g/mol. The lowest BCUT2D eigenvalue weighted by molar-refractivity contribution is -0.172. The first-order valence-corrected chi connectivity index (χ1v) is 17.0. The molecule has 44 heavy (non-hydrogen) atoms. The second-order valence-electron chi connectivity index (χ2n) is 13.2. The molecular formula is C35H41NO7Si. The molecule has 0 bridgehead atoms.